The quantitative estimate of drug-likeness (QED) is 0.467. The molecule has 1 heterocycles. The number of benzene rings is 3. The van der Waals surface area contributed by atoms with Crippen molar-refractivity contribution in [2.24, 2.45) is 5.73 Å². The van der Waals surface area contributed by atoms with E-state index in [1.54, 1.807) is 23.9 Å². The van der Waals surface area contributed by atoms with Gasteiger partial charge in [0.1, 0.15) is 0 Å². The summed E-state index contributed by atoms with van der Waals surface area (Å²) in [5.74, 6) is 1.21. The van der Waals surface area contributed by atoms with Crippen molar-refractivity contribution in [1.29, 1.82) is 0 Å². The SMILES string of the molecule is NC(=O)c1ccc(Cn2c(SCc3ccccc3)nnc2-c2ccccc2)cc1. The Labute approximate surface area is 173 Å². The summed E-state index contributed by atoms with van der Waals surface area (Å²) in [7, 11) is 0. The smallest absolute Gasteiger partial charge is 0.248 e. The maximum atomic E-state index is 11.3. The van der Waals surface area contributed by atoms with E-state index in [9.17, 15) is 4.79 Å². The number of rotatable bonds is 7. The normalized spacial score (nSPS) is 10.8. The van der Waals surface area contributed by atoms with Crippen molar-refractivity contribution in [3.8, 4) is 11.4 Å². The van der Waals surface area contributed by atoms with E-state index in [2.05, 4.69) is 26.9 Å². The van der Waals surface area contributed by atoms with Gasteiger partial charge in [0.15, 0.2) is 11.0 Å². The van der Waals surface area contributed by atoms with Gasteiger partial charge in [0.05, 0.1) is 6.54 Å². The van der Waals surface area contributed by atoms with Crippen LogP contribution in [-0.2, 0) is 12.3 Å². The molecule has 0 aliphatic rings. The molecule has 0 aliphatic heterocycles. The molecule has 0 radical (unpaired) electrons. The summed E-state index contributed by atoms with van der Waals surface area (Å²) in [6.07, 6.45) is 0. The van der Waals surface area contributed by atoms with Crippen LogP contribution in [0.15, 0.2) is 90.1 Å². The summed E-state index contributed by atoms with van der Waals surface area (Å²) in [6.45, 7) is 0.605. The van der Waals surface area contributed by atoms with Gasteiger partial charge in [0, 0.05) is 16.9 Å². The molecular formula is C23H20N4OS. The van der Waals surface area contributed by atoms with Gasteiger partial charge < -0.3 is 5.73 Å². The van der Waals surface area contributed by atoms with Gasteiger partial charge in [-0.15, -0.1) is 10.2 Å². The van der Waals surface area contributed by atoms with Crippen LogP contribution in [-0.4, -0.2) is 20.7 Å². The van der Waals surface area contributed by atoms with Gasteiger partial charge in [-0.1, -0.05) is 84.6 Å². The van der Waals surface area contributed by atoms with Crippen LogP contribution in [0.1, 0.15) is 21.5 Å². The molecule has 4 aromatic rings. The van der Waals surface area contributed by atoms with Crippen LogP contribution >= 0.6 is 11.8 Å². The number of primary amides is 1. The molecule has 0 atom stereocenters. The standard InChI is InChI=1S/C23H20N4OS/c24-21(28)19-13-11-17(12-14-19)15-27-22(20-9-5-2-6-10-20)25-26-23(27)29-16-18-7-3-1-4-8-18/h1-14H,15-16H2,(H2,24,28). The number of amides is 1. The maximum Gasteiger partial charge on any atom is 0.248 e. The molecular weight excluding hydrogens is 380 g/mol. The number of aromatic nitrogens is 3. The lowest BCUT2D eigenvalue weighted by Gasteiger charge is -2.11. The van der Waals surface area contributed by atoms with Gasteiger partial charge in [-0.05, 0) is 23.3 Å². The minimum Gasteiger partial charge on any atom is -0.366 e. The first kappa shape index (κ1) is 19.0. The van der Waals surface area contributed by atoms with Crippen molar-refractivity contribution in [3.05, 3.63) is 102 Å². The summed E-state index contributed by atoms with van der Waals surface area (Å²) >= 11 is 1.66. The zero-order chi connectivity index (χ0) is 20.1. The van der Waals surface area contributed by atoms with Crippen LogP contribution in [0.25, 0.3) is 11.4 Å². The third kappa shape index (κ3) is 4.55. The number of nitrogens with two attached hydrogens (primary N) is 1. The fraction of sp³-hybridized carbons (Fsp3) is 0.0870. The Morgan fingerprint density at radius 1 is 0.828 bits per heavy atom. The van der Waals surface area contributed by atoms with Gasteiger partial charge in [-0.2, -0.15) is 0 Å². The summed E-state index contributed by atoms with van der Waals surface area (Å²) in [6, 6.07) is 27.7. The lowest BCUT2D eigenvalue weighted by molar-refractivity contribution is 0.100. The molecule has 5 nitrogen and oxygen atoms in total. The van der Waals surface area contributed by atoms with Crippen molar-refractivity contribution in [1.82, 2.24) is 14.8 Å². The second kappa shape index (κ2) is 8.75. The van der Waals surface area contributed by atoms with E-state index in [0.717, 1.165) is 27.9 Å². The van der Waals surface area contributed by atoms with Crippen LogP contribution in [0.2, 0.25) is 0 Å². The molecule has 0 saturated heterocycles. The zero-order valence-electron chi connectivity index (χ0n) is 15.7. The molecule has 1 aromatic heterocycles. The molecule has 0 unspecified atom stereocenters. The van der Waals surface area contributed by atoms with Gasteiger partial charge in [-0.3, -0.25) is 9.36 Å². The summed E-state index contributed by atoms with van der Waals surface area (Å²) in [5.41, 5.74) is 9.15. The molecule has 1 amide bonds. The zero-order valence-corrected chi connectivity index (χ0v) is 16.5. The molecule has 6 heteroatoms. The van der Waals surface area contributed by atoms with E-state index in [0.29, 0.717) is 12.1 Å². The molecule has 0 fully saturated rings. The van der Waals surface area contributed by atoms with Crippen molar-refractivity contribution in [2.45, 2.75) is 17.5 Å². The largest absolute Gasteiger partial charge is 0.366 e. The van der Waals surface area contributed by atoms with Crippen LogP contribution < -0.4 is 5.73 Å². The van der Waals surface area contributed by atoms with E-state index in [1.807, 2.05) is 60.7 Å². The number of nitrogens with zero attached hydrogens (tertiary/aromatic N) is 3. The fourth-order valence-corrected chi connectivity index (χ4v) is 3.91. The lowest BCUT2D eigenvalue weighted by Crippen LogP contribution is -2.11. The third-order valence-electron chi connectivity index (χ3n) is 4.54. The second-order valence-corrected chi connectivity index (χ2v) is 7.54. The van der Waals surface area contributed by atoms with Crippen LogP contribution in [0, 0.1) is 0 Å². The molecule has 4 rings (SSSR count). The Bertz CT molecular complexity index is 1090. The second-order valence-electron chi connectivity index (χ2n) is 6.59. The molecule has 0 saturated carbocycles. The van der Waals surface area contributed by atoms with Crippen molar-refractivity contribution in [2.75, 3.05) is 0 Å². The highest BCUT2D eigenvalue weighted by Gasteiger charge is 2.15. The number of hydrogen-bond acceptors (Lipinski definition) is 4. The first-order chi connectivity index (χ1) is 14.2. The number of hydrogen-bond donors (Lipinski definition) is 1. The predicted molar refractivity (Wildman–Crippen MR) is 116 cm³/mol. The Morgan fingerprint density at radius 3 is 2.14 bits per heavy atom. The predicted octanol–water partition coefficient (Wildman–Crippen LogP) is 4.38. The molecule has 0 bridgehead atoms. The Morgan fingerprint density at radius 2 is 1.48 bits per heavy atom. The molecule has 29 heavy (non-hydrogen) atoms. The highest BCUT2D eigenvalue weighted by molar-refractivity contribution is 7.98. The maximum absolute atomic E-state index is 11.3. The molecule has 2 N–H and O–H groups in total. The first-order valence-corrected chi connectivity index (χ1v) is 10.2. The van der Waals surface area contributed by atoms with E-state index in [1.165, 1.54) is 5.56 Å². The minimum atomic E-state index is -0.426. The molecule has 144 valence electrons. The lowest BCUT2D eigenvalue weighted by atomic mass is 10.1. The molecule has 0 aliphatic carbocycles. The van der Waals surface area contributed by atoms with Gasteiger partial charge >= 0.3 is 0 Å². The van der Waals surface area contributed by atoms with Gasteiger partial charge in [-0.25, -0.2) is 0 Å². The van der Waals surface area contributed by atoms with Gasteiger partial charge in [0.2, 0.25) is 5.91 Å². The highest BCUT2D eigenvalue weighted by atomic mass is 32.2. The topological polar surface area (TPSA) is 73.8 Å². The van der Waals surface area contributed by atoms with Crippen LogP contribution in [0.3, 0.4) is 0 Å². The molecule has 0 spiro atoms. The van der Waals surface area contributed by atoms with Crippen molar-refractivity contribution < 1.29 is 4.79 Å². The van der Waals surface area contributed by atoms with Crippen LogP contribution in [0.5, 0.6) is 0 Å². The first-order valence-electron chi connectivity index (χ1n) is 9.25. The van der Waals surface area contributed by atoms with Gasteiger partial charge in [0.25, 0.3) is 0 Å². The number of thioether (sulfide) groups is 1. The van der Waals surface area contributed by atoms with E-state index >= 15 is 0 Å². The Hall–Kier alpha value is -3.38. The van der Waals surface area contributed by atoms with Crippen molar-refractivity contribution >= 4 is 17.7 Å². The number of carbonyl (C=O) groups excluding carboxylic acids is 1. The fourth-order valence-electron chi connectivity index (χ4n) is 3.02. The average Bonchev–Trinajstić information content (AvgIpc) is 3.16. The van der Waals surface area contributed by atoms with Crippen molar-refractivity contribution in [3.63, 3.8) is 0 Å². The summed E-state index contributed by atoms with van der Waals surface area (Å²) < 4.78 is 2.11. The third-order valence-corrected chi connectivity index (χ3v) is 5.58. The minimum absolute atomic E-state index is 0.426. The van der Waals surface area contributed by atoms with E-state index < -0.39 is 5.91 Å². The number of carbonyl (C=O) groups is 1. The summed E-state index contributed by atoms with van der Waals surface area (Å²) in [5, 5.41) is 9.76. The van der Waals surface area contributed by atoms with E-state index in [4.69, 9.17) is 5.73 Å². The van der Waals surface area contributed by atoms with E-state index in [-0.39, 0.29) is 0 Å². The molecule has 3 aromatic carbocycles. The highest BCUT2D eigenvalue weighted by Crippen LogP contribution is 2.27. The monoisotopic (exact) mass is 400 g/mol. The Kier molecular flexibility index (Phi) is 5.72. The van der Waals surface area contributed by atoms with Crippen LogP contribution in [0.4, 0.5) is 0 Å². The average molecular weight is 401 g/mol. The summed E-state index contributed by atoms with van der Waals surface area (Å²) in [4.78, 5) is 11.3. The Balaban J connectivity index is 1.64.